The highest BCUT2D eigenvalue weighted by Crippen LogP contribution is 2.57. The van der Waals surface area contributed by atoms with Crippen molar-refractivity contribution in [3.63, 3.8) is 0 Å². The normalized spacial score (nSPS) is 48.7. The molecule has 0 aromatic heterocycles. The van der Waals surface area contributed by atoms with Crippen LogP contribution in [-0.2, 0) is 9.53 Å². The quantitative estimate of drug-likeness (QED) is 0.743. The monoisotopic (exact) mass is 351 g/mol. The number of hydrogen-bond acceptors (Lipinski definition) is 5. The predicted octanol–water partition coefficient (Wildman–Crippen LogP) is 1.81. The number of aliphatic hydroxyl groups excluding tert-OH is 2. The summed E-state index contributed by atoms with van der Waals surface area (Å²) < 4.78 is 5.84. The van der Waals surface area contributed by atoms with Crippen molar-refractivity contribution >= 4 is 5.97 Å². The molecule has 25 heavy (non-hydrogen) atoms. The number of carbonyl (C=O) groups is 1. The fraction of sp³-hybridized carbons (Fsp3) is 0.950. The summed E-state index contributed by atoms with van der Waals surface area (Å²) in [7, 11) is 0. The van der Waals surface area contributed by atoms with Crippen molar-refractivity contribution in [2.75, 3.05) is 19.6 Å². The molecule has 2 heterocycles. The highest BCUT2D eigenvalue weighted by Gasteiger charge is 2.57. The summed E-state index contributed by atoms with van der Waals surface area (Å²) in [6.45, 7) is 6.99. The Morgan fingerprint density at radius 2 is 1.92 bits per heavy atom. The van der Waals surface area contributed by atoms with Crippen LogP contribution >= 0.6 is 0 Å². The highest BCUT2D eigenvalue weighted by atomic mass is 16.6. The SMILES string of the molecule is C[C@@H]1C[C@@H]2OC(=O)[C@@H](CN3CCC(O)CC3)[C@H]2C[C@]2(C)[C@@H](O)CC[C@@H]12. The van der Waals surface area contributed by atoms with Gasteiger partial charge in [-0.15, -0.1) is 0 Å². The van der Waals surface area contributed by atoms with Gasteiger partial charge in [0.2, 0.25) is 0 Å². The third kappa shape index (κ3) is 3.02. The number of aliphatic hydroxyl groups is 2. The van der Waals surface area contributed by atoms with E-state index in [0.717, 1.165) is 58.2 Å². The average Bonchev–Trinajstić information content (AvgIpc) is 2.97. The summed E-state index contributed by atoms with van der Waals surface area (Å²) in [6.07, 6.45) is 5.02. The fourth-order valence-corrected chi connectivity index (χ4v) is 6.35. The van der Waals surface area contributed by atoms with E-state index in [4.69, 9.17) is 4.74 Å². The van der Waals surface area contributed by atoms with Gasteiger partial charge in [-0.05, 0) is 55.8 Å². The Morgan fingerprint density at radius 3 is 2.64 bits per heavy atom. The van der Waals surface area contributed by atoms with Crippen LogP contribution < -0.4 is 0 Å². The maximum absolute atomic E-state index is 12.6. The third-order valence-corrected chi connectivity index (χ3v) is 7.90. The van der Waals surface area contributed by atoms with E-state index in [0.29, 0.717) is 11.8 Å². The third-order valence-electron chi connectivity index (χ3n) is 7.90. The standard InChI is InChI=1S/C20H33NO4/c1-12-9-17-14(10-20(2)16(12)3-4-18(20)23)15(19(24)25-17)11-21-7-5-13(22)6-8-21/h12-18,22-23H,3-11H2,1-2H3/t12-,14-,15+,16+,17+,18+,20+/m1/s1. The van der Waals surface area contributed by atoms with Gasteiger partial charge in [-0.2, -0.15) is 0 Å². The van der Waals surface area contributed by atoms with Gasteiger partial charge >= 0.3 is 5.97 Å². The van der Waals surface area contributed by atoms with Crippen LogP contribution in [0.1, 0.15) is 52.4 Å². The number of ether oxygens (including phenoxy) is 1. The number of rotatable bonds is 2. The Morgan fingerprint density at radius 1 is 1.20 bits per heavy atom. The van der Waals surface area contributed by atoms with Crippen LogP contribution in [0.25, 0.3) is 0 Å². The summed E-state index contributed by atoms with van der Waals surface area (Å²) in [5, 5.41) is 20.4. The predicted molar refractivity (Wildman–Crippen MR) is 93.8 cm³/mol. The van der Waals surface area contributed by atoms with Crippen LogP contribution in [0, 0.1) is 29.1 Å². The largest absolute Gasteiger partial charge is 0.462 e. The Kier molecular flexibility index (Phi) is 4.62. The molecule has 2 aliphatic heterocycles. The molecule has 0 aromatic carbocycles. The Hall–Kier alpha value is -0.650. The van der Waals surface area contributed by atoms with Crippen molar-refractivity contribution in [3.05, 3.63) is 0 Å². The lowest BCUT2D eigenvalue weighted by Gasteiger charge is -2.38. The molecule has 0 unspecified atom stereocenters. The summed E-state index contributed by atoms with van der Waals surface area (Å²) >= 11 is 0. The average molecular weight is 351 g/mol. The van der Waals surface area contributed by atoms with E-state index in [1.807, 2.05) is 0 Å². The first-order valence-corrected chi connectivity index (χ1v) is 10.2. The van der Waals surface area contributed by atoms with Crippen molar-refractivity contribution in [2.45, 2.75) is 70.7 Å². The smallest absolute Gasteiger partial charge is 0.310 e. The van der Waals surface area contributed by atoms with E-state index in [-0.39, 0.29) is 41.5 Å². The van der Waals surface area contributed by atoms with E-state index in [1.54, 1.807) is 0 Å². The molecule has 7 atom stereocenters. The minimum atomic E-state index is -0.250. The van der Waals surface area contributed by atoms with Crippen LogP contribution in [0.3, 0.4) is 0 Å². The second-order valence-electron chi connectivity index (χ2n) is 9.40. The van der Waals surface area contributed by atoms with Gasteiger partial charge in [-0.1, -0.05) is 13.8 Å². The molecule has 142 valence electrons. The molecule has 2 saturated heterocycles. The van der Waals surface area contributed by atoms with Crippen molar-refractivity contribution in [1.29, 1.82) is 0 Å². The minimum Gasteiger partial charge on any atom is -0.462 e. The van der Waals surface area contributed by atoms with Gasteiger partial charge < -0.3 is 19.8 Å². The summed E-state index contributed by atoms with van der Waals surface area (Å²) in [6, 6.07) is 0. The van der Waals surface area contributed by atoms with Crippen LogP contribution in [-0.4, -0.2) is 59.0 Å². The zero-order valence-corrected chi connectivity index (χ0v) is 15.6. The van der Waals surface area contributed by atoms with Gasteiger partial charge in [-0.3, -0.25) is 4.79 Å². The maximum Gasteiger partial charge on any atom is 0.310 e. The molecule has 0 bridgehead atoms. The first kappa shape index (κ1) is 17.7. The molecule has 0 radical (unpaired) electrons. The molecule has 4 fully saturated rings. The Bertz CT molecular complexity index is 518. The molecule has 2 saturated carbocycles. The first-order valence-electron chi connectivity index (χ1n) is 10.2. The second kappa shape index (κ2) is 6.50. The first-order chi connectivity index (χ1) is 11.9. The molecule has 5 heteroatoms. The van der Waals surface area contributed by atoms with Crippen molar-refractivity contribution < 1.29 is 19.7 Å². The molecule has 2 aliphatic carbocycles. The van der Waals surface area contributed by atoms with E-state index < -0.39 is 0 Å². The van der Waals surface area contributed by atoms with E-state index in [1.165, 1.54) is 0 Å². The number of nitrogens with zero attached hydrogens (tertiary/aromatic N) is 1. The number of carbonyl (C=O) groups excluding carboxylic acids is 1. The lowest BCUT2D eigenvalue weighted by Crippen LogP contribution is -2.43. The molecule has 0 aromatic rings. The highest BCUT2D eigenvalue weighted by molar-refractivity contribution is 5.75. The van der Waals surface area contributed by atoms with Gasteiger partial charge in [-0.25, -0.2) is 0 Å². The van der Waals surface area contributed by atoms with Gasteiger partial charge in [0.15, 0.2) is 0 Å². The number of piperidine rings is 1. The maximum atomic E-state index is 12.6. The number of likely N-dealkylation sites (tertiary alicyclic amines) is 1. The van der Waals surface area contributed by atoms with E-state index in [2.05, 4.69) is 18.7 Å². The van der Waals surface area contributed by atoms with Gasteiger partial charge in [0, 0.05) is 25.6 Å². The molecule has 4 aliphatic rings. The topological polar surface area (TPSA) is 70.0 Å². The summed E-state index contributed by atoms with van der Waals surface area (Å²) in [5.41, 5.74) is -0.0802. The van der Waals surface area contributed by atoms with Crippen molar-refractivity contribution in [3.8, 4) is 0 Å². The summed E-state index contributed by atoms with van der Waals surface area (Å²) in [4.78, 5) is 14.9. The fourth-order valence-electron chi connectivity index (χ4n) is 6.35. The van der Waals surface area contributed by atoms with E-state index >= 15 is 0 Å². The van der Waals surface area contributed by atoms with Crippen LogP contribution in [0.2, 0.25) is 0 Å². The molecule has 4 rings (SSSR count). The molecule has 5 nitrogen and oxygen atoms in total. The minimum absolute atomic E-state index is 0.0255. The lowest BCUT2D eigenvalue weighted by atomic mass is 9.68. The molecule has 0 amide bonds. The van der Waals surface area contributed by atoms with Crippen LogP contribution in [0.15, 0.2) is 0 Å². The number of esters is 1. The number of fused-ring (bicyclic) bond motifs is 2. The Balaban J connectivity index is 1.52. The number of hydrogen-bond donors (Lipinski definition) is 2. The zero-order chi connectivity index (χ0) is 17.8. The van der Waals surface area contributed by atoms with Crippen LogP contribution in [0.5, 0.6) is 0 Å². The summed E-state index contributed by atoms with van der Waals surface area (Å²) in [5.74, 6) is 1.15. The van der Waals surface area contributed by atoms with Crippen molar-refractivity contribution in [1.82, 2.24) is 4.90 Å². The zero-order valence-electron chi connectivity index (χ0n) is 15.6. The lowest BCUT2D eigenvalue weighted by molar-refractivity contribution is -0.145. The molecular weight excluding hydrogens is 318 g/mol. The second-order valence-corrected chi connectivity index (χ2v) is 9.40. The van der Waals surface area contributed by atoms with E-state index in [9.17, 15) is 15.0 Å². The molecular formula is C20H33NO4. The molecule has 2 N–H and O–H groups in total. The van der Waals surface area contributed by atoms with Gasteiger partial charge in [0.05, 0.1) is 18.1 Å². The van der Waals surface area contributed by atoms with Gasteiger partial charge in [0.1, 0.15) is 6.10 Å². The molecule has 0 spiro atoms. The van der Waals surface area contributed by atoms with Crippen molar-refractivity contribution in [2.24, 2.45) is 29.1 Å². The van der Waals surface area contributed by atoms with Crippen LogP contribution in [0.4, 0.5) is 0 Å². The van der Waals surface area contributed by atoms with Gasteiger partial charge in [0.25, 0.3) is 0 Å². The Labute approximate surface area is 150 Å².